The van der Waals surface area contributed by atoms with Crippen molar-refractivity contribution in [2.24, 2.45) is 0 Å². The third-order valence-electron chi connectivity index (χ3n) is 3.26. The first-order chi connectivity index (χ1) is 11.0. The second-order valence-corrected chi connectivity index (χ2v) is 4.75. The molecule has 0 saturated carbocycles. The van der Waals surface area contributed by atoms with Gasteiger partial charge in [0.1, 0.15) is 17.6 Å². The van der Waals surface area contributed by atoms with Crippen molar-refractivity contribution in [1.82, 2.24) is 4.98 Å². The maximum absolute atomic E-state index is 12.6. The van der Waals surface area contributed by atoms with Crippen LogP contribution in [0.5, 0.6) is 11.5 Å². The Hall–Kier alpha value is -3.07. The molecule has 3 aromatic rings. The summed E-state index contributed by atoms with van der Waals surface area (Å²) in [6, 6.07) is 13.1. The van der Waals surface area contributed by atoms with Crippen LogP contribution in [0.2, 0.25) is 0 Å². The maximum Gasteiger partial charge on any atom is 0.416 e. The van der Waals surface area contributed by atoms with E-state index < -0.39 is 11.7 Å². The molecule has 3 rings (SSSR count). The standard InChI is InChI=1S/C17H9F3N2O/c18-17(19,20)12-4-6-13(7-5-12)23-15-8-9-22-16-11(10-21)2-1-3-14(15)16/h1-9H. The van der Waals surface area contributed by atoms with Crippen LogP contribution in [0.25, 0.3) is 10.9 Å². The number of nitriles is 1. The van der Waals surface area contributed by atoms with E-state index in [0.29, 0.717) is 22.2 Å². The third kappa shape index (κ3) is 2.94. The van der Waals surface area contributed by atoms with Crippen LogP contribution in [-0.2, 0) is 6.18 Å². The number of rotatable bonds is 2. The SMILES string of the molecule is N#Cc1cccc2c(Oc3ccc(C(F)(F)F)cc3)ccnc12. The summed E-state index contributed by atoms with van der Waals surface area (Å²) < 4.78 is 43.3. The summed E-state index contributed by atoms with van der Waals surface area (Å²) in [6.45, 7) is 0. The highest BCUT2D eigenvalue weighted by atomic mass is 19.4. The van der Waals surface area contributed by atoms with Crippen LogP contribution >= 0.6 is 0 Å². The predicted octanol–water partition coefficient (Wildman–Crippen LogP) is 4.92. The molecule has 0 fully saturated rings. The van der Waals surface area contributed by atoms with Crippen molar-refractivity contribution in [3.8, 4) is 17.6 Å². The zero-order valence-corrected chi connectivity index (χ0v) is 11.6. The number of halogens is 3. The Balaban J connectivity index is 1.98. The molecule has 0 saturated heterocycles. The first kappa shape index (κ1) is 14.9. The predicted molar refractivity (Wildman–Crippen MR) is 78.0 cm³/mol. The first-order valence-corrected chi connectivity index (χ1v) is 6.62. The lowest BCUT2D eigenvalue weighted by molar-refractivity contribution is -0.137. The molecule has 2 aromatic carbocycles. The Labute approximate surface area is 129 Å². The van der Waals surface area contributed by atoms with Gasteiger partial charge in [0.15, 0.2) is 0 Å². The summed E-state index contributed by atoms with van der Waals surface area (Å²) in [4.78, 5) is 4.15. The van der Waals surface area contributed by atoms with Gasteiger partial charge in [0.25, 0.3) is 0 Å². The lowest BCUT2D eigenvalue weighted by Crippen LogP contribution is -2.04. The summed E-state index contributed by atoms with van der Waals surface area (Å²) in [6.07, 6.45) is -2.90. The van der Waals surface area contributed by atoms with Crippen molar-refractivity contribution in [2.45, 2.75) is 6.18 Å². The zero-order valence-electron chi connectivity index (χ0n) is 11.6. The number of para-hydroxylation sites is 1. The van der Waals surface area contributed by atoms with Crippen LogP contribution in [0, 0.1) is 11.3 Å². The molecule has 6 heteroatoms. The van der Waals surface area contributed by atoms with Gasteiger partial charge in [-0.05, 0) is 42.5 Å². The summed E-state index contributed by atoms with van der Waals surface area (Å²) in [5.74, 6) is 0.694. The van der Waals surface area contributed by atoms with Crippen molar-refractivity contribution in [3.63, 3.8) is 0 Å². The van der Waals surface area contributed by atoms with Crippen LogP contribution in [0.1, 0.15) is 11.1 Å². The minimum absolute atomic E-state index is 0.271. The van der Waals surface area contributed by atoms with Crippen molar-refractivity contribution in [3.05, 3.63) is 65.9 Å². The van der Waals surface area contributed by atoms with E-state index in [2.05, 4.69) is 4.98 Å². The Bertz CT molecular complexity index is 896. The molecule has 0 bridgehead atoms. The number of aromatic nitrogens is 1. The van der Waals surface area contributed by atoms with Crippen molar-refractivity contribution < 1.29 is 17.9 Å². The normalized spacial score (nSPS) is 11.2. The molecule has 0 N–H and O–H groups in total. The highest BCUT2D eigenvalue weighted by Gasteiger charge is 2.30. The number of hydrogen-bond donors (Lipinski definition) is 0. The average molecular weight is 314 g/mol. The molecule has 0 aliphatic carbocycles. The van der Waals surface area contributed by atoms with Crippen molar-refractivity contribution >= 4 is 10.9 Å². The topological polar surface area (TPSA) is 45.9 Å². The highest BCUT2D eigenvalue weighted by molar-refractivity contribution is 5.89. The van der Waals surface area contributed by atoms with Gasteiger partial charge in [0, 0.05) is 11.6 Å². The molecule has 0 spiro atoms. The molecular weight excluding hydrogens is 305 g/mol. The van der Waals surface area contributed by atoms with Gasteiger partial charge in [-0.1, -0.05) is 6.07 Å². The Morgan fingerprint density at radius 3 is 2.39 bits per heavy atom. The second-order valence-electron chi connectivity index (χ2n) is 4.75. The second kappa shape index (κ2) is 5.61. The van der Waals surface area contributed by atoms with Crippen LogP contribution in [-0.4, -0.2) is 4.98 Å². The summed E-state index contributed by atoms with van der Waals surface area (Å²) in [5.41, 5.74) is 0.149. The number of ether oxygens (including phenoxy) is 1. The van der Waals surface area contributed by atoms with E-state index in [4.69, 9.17) is 10.00 Å². The summed E-state index contributed by atoms with van der Waals surface area (Å²) >= 11 is 0. The van der Waals surface area contributed by atoms with Crippen molar-refractivity contribution in [1.29, 1.82) is 5.26 Å². The minimum Gasteiger partial charge on any atom is -0.457 e. The molecule has 0 atom stereocenters. The van der Waals surface area contributed by atoms with E-state index in [9.17, 15) is 13.2 Å². The molecular formula is C17H9F3N2O. The fraction of sp³-hybridized carbons (Fsp3) is 0.0588. The summed E-state index contributed by atoms with van der Waals surface area (Å²) in [7, 11) is 0. The summed E-state index contributed by atoms with van der Waals surface area (Å²) in [5, 5.41) is 9.70. The molecule has 0 radical (unpaired) electrons. The van der Waals surface area contributed by atoms with E-state index in [1.807, 2.05) is 6.07 Å². The Morgan fingerprint density at radius 1 is 1.00 bits per heavy atom. The maximum atomic E-state index is 12.6. The number of alkyl halides is 3. The Morgan fingerprint density at radius 2 is 1.74 bits per heavy atom. The van der Waals surface area contributed by atoms with E-state index in [1.54, 1.807) is 24.3 Å². The van der Waals surface area contributed by atoms with Crippen LogP contribution in [0.15, 0.2) is 54.7 Å². The fourth-order valence-corrected chi connectivity index (χ4v) is 2.17. The molecule has 0 aliphatic rings. The largest absolute Gasteiger partial charge is 0.457 e. The van der Waals surface area contributed by atoms with E-state index in [1.165, 1.54) is 18.3 Å². The molecule has 1 aromatic heterocycles. The van der Waals surface area contributed by atoms with Crippen LogP contribution in [0.4, 0.5) is 13.2 Å². The lowest BCUT2D eigenvalue weighted by atomic mass is 10.1. The third-order valence-corrected chi connectivity index (χ3v) is 3.26. The molecule has 0 unspecified atom stereocenters. The molecule has 23 heavy (non-hydrogen) atoms. The van der Waals surface area contributed by atoms with E-state index in [0.717, 1.165) is 12.1 Å². The Kier molecular flexibility index (Phi) is 3.62. The average Bonchev–Trinajstić information content (AvgIpc) is 2.54. The van der Waals surface area contributed by atoms with Crippen LogP contribution in [0.3, 0.4) is 0 Å². The van der Waals surface area contributed by atoms with Gasteiger partial charge in [0.05, 0.1) is 16.6 Å². The smallest absolute Gasteiger partial charge is 0.416 e. The number of nitrogens with zero attached hydrogens (tertiary/aromatic N) is 2. The van der Waals surface area contributed by atoms with Gasteiger partial charge in [0.2, 0.25) is 0 Å². The van der Waals surface area contributed by atoms with Gasteiger partial charge >= 0.3 is 6.18 Å². The number of fused-ring (bicyclic) bond motifs is 1. The van der Waals surface area contributed by atoms with Gasteiger partial charge in [-0.2, -0.15) is 18.4 Å². The first-order valence-electron chi connectivity index (χ1n) is 6.62. The number of hydrogen-bond acceptors (Lipinski definition) is 3. The van der Waals surface area contributed by atoms with Gasteiger partial charge in [-0.15, -0.1) is 0 Å². The fourth-order valence-electron chi connectivity index (χ4n) is 2.17. The zero-order chi connectivity index (χ0) is 16.4. The van der Waals surface area contributed by atoms with Crippen molar-refractivity contribution in [2.75, 3.05) is 0 Å². The highest BCUT2D eigenvalue weighted by Crippen LogP contribution is 2.33. The number of pyridine rings is 1. The van der Waals surface area contributed by atoms with Crippen LogP contribution < -0.4 is 4.74 Å². The quantitative estimate of drug-likeness (QED) is 0.674. The number of benzene rings is 2. The molecule has 0 amide bonds. The lowest BCUT2D eigenvalue weighted by Gasteiger charge is -2.10. The van der Waals surface area contributed by atoms with Gasteiger partial charge in [-0.3, -0.25) is 4.98 Å². The van der Waals surface area contributed by atoms with E-state index >= 15 is 0 Å². The molecule has 114 valence electrons. The molecule has 1 heterocycles. The molecule has 0 aliphatic heterocycles. The molecule has 3 nitrogen and oxygen atoms in total. The van der Waals surface area contributed by atoms with Gasteiger partial charge < -0.3 is 4.74 Å². The van der Waals surface area contributed by atoms with Gasteiger partial charge in [-0.25, -0.2) is 0 Å². The monoisotopic (exact) mass is 314 g/mol. The van der Waals surface area contributed by atoms with E-state index in [-0.39, 0.29) is 5.75 Å². The minimum atomic E-state index is -4.39.